The fourth-order valence-electron chi connectivity index (χ4n) is 0.929. The van der Waals surface area contributed by atoms with Gasteiger partial charge >= 0.3 is 0 Å². The Hall–Kier alpha value is -1.12. The summed E-state index contributed by atoms with van der Waals surface area (Å²) in [5.74, 6) is 0.645. The van der Waals surface area contributed by atoms with Gasteiger partial charge in [0.15, 0.2) is 0 Å². The number of alkyl halides is 2. The van der Waals surface area contributed by atoms with Crippen molar-refractivity contribution in [2.75, 3.05) is 6.61 Å². The summed E-state index contributed by atoms with van der Waals surface area (Å²) >= 11 is 0. The van der Waals surface area contributed by atoms with E-state index >= 15 is 0 Å². The zero-order valence-electron chi connectivity index (χ0n) is 7.47. The lowest BCUT2D eigenvalue weighted by atomic mass is 10.2. The fourth-order valence-corrected chi connectivity index (χ4v) is 0.929. The molecule has 0 aliphatic carbocycles. The van der Waals surface area contributed by atoms with Crippen molar-refractivity contribution >= 4 is 0 Å². The second-order valence-corrected chi connectivity index (χ2v) is 2.72. The van der Waals surface area contributed by atoms with Crippen LogP contribution in [0.2, 0.25) is 0 Å². The van der Waals surface area contributed by atoms with Gasteiger partial charge in [-0.25, -0.2) is 8.78 Å². The SMILES string of the molecule is CCCOc1ccc(C(F)F)cc1. The molecule has 0 aliphatic heterocycles. The highest BCUT2D eigenvalue weighted by molar-refractivity contribution is 5.27. The molecule has 1 rings (SSSR count). The highest BCUT2D eigenvalue weighted by Crippen LogP contribution is 2.21. The van der Waals surface area contributed by atoms with Gasteiger partial charge in [-0.1, -0.05) is 6.92 Å². The first-order valence-electron chi connectivity index (χ1n) is 4.25. The van der Waals surface area contributed by atoms with Crippen LogP contribution in [0.25, 0.3) is 0 Å². The minimum absolute atomic E-state index is 0.0313. The summed E-state index contributed by atoms with van der Waals surface area (Å²) in [6.45, 7) is 2.61. The quantitative estimate of drug-likeness (QED) is 0.700. The van der Waals surface area contributed by atoms with Crippen LogP contribution in [0.15, 0.2) is 24.3 Å². The van der Waals surface area contributed by atoms with Crippen LogP contribution in [0.3, 0.4) is 0 Å². The first kappa shape index (κ1) is 9.96. The van der Waals surface area contributed by atoms with E-state index in [0.29, 0.717) is 12.4 Å². The third kappa shape index (κ3) is 3.01. The minimum Gasteiger partial charge on any atom is -0.494 e. The van der Waals surface area contributed by atoms with Gasteiger partial charge in [-0.15, -0.1) is 0 Å². The molecule has 3 heteroatoms. The van der Waals surface area contributed by atoms with E-state index < -0.39 is 6.43 Å². The summed E-state index contributed by atoms with van der Waals surface area (Å²) in [5.41, 5.74) is 0.0313. The molecular formula is C10H12F2O. The van der Waals surface area contributed by atoms with Crippen LogP contribution < -0.4 is 4.74 Å². The van der Waals surface area contributed by atoms with Crippen molar-refractivity contribution in [1.82, 2.24) is 0 Å². The number of benzene rings is 1. The third-order valence-electron chi connectivity index (χ3n) is 1.60. The molecule has 0 saturated heterocycles. The van der Waals surface area contributed by atoms with Crippen LogP contribution in [0.1, 0.15) is 25.3 Å². The lowest BCUT2D eigenvalue weighted by Crippen LogP contribution is -1.94. The van der Waals surface area contributed by atoms with Crippen LogP contribution in [0.4, 0.5) is 8.78 Å². The van der Waals surface area contributed by atoms with Gasteiger partial charge in [0.25, 0.3) is 6.43 Å². The van der Waals surface area contributed by atoms with Gasteiger partial charge in [-0.3, -0.25) is 0 Å². The Kier molecular flexibility index (Phi) is 3.68. The van der Waals surface area contributed by atoms with E-state index in [1.807, 2.05) is 6.92 Å². The van der Waals surface area contributed by atoms with Crippen molar-refractivity contribution in [2.24, 2.45) is 0 Å². The molecule has 0 saturated carbocycles. The van der Waals surface area contributed by atoms with Gasteiger partial charge in [-0.05, 0) is 30.7 Å². The Morgan fingerprint density at radius 1 is 1.23 bits per heavy atom. The van der Waals surface area contributed by atoms with Gasteiger partial charge in [0.1, 0.15) is 5.75 Å². The maximum Gasteiger partial charge on any atom is 0.263 e. The Morgan fingerprint density at radius 3 is 2.31 bits per heavy atom. The van der Waals surface area contributed by atoms with Crippen molar-refractivity contribution in [1.29, 1.82) is 0 Å². The van der Waals surface area contributed by atoms with Crippen molar-refractivity contribution in [3.8, 4) is 5.75 Å². The molecule has 0 heterocycles. The summed E-state index contributed by atoms with van der Waals surface area (Å²) < 4.78 is 29.5. The highest BCUT2D eigenvalue weighted by Gasteiger charge is 2.05. The van der Waals surface area contributed by atoms with E-state index in [0.717, 1.165) is 6.42 Å². The Labute approximate surface area is 76.3 Å². The molecule has 1 nitrogen and oxygen atoms in total. The predicted octanol–water partition coefficient (Wildman–Crippen LogP) is 3.41. The van der Waals surface area contributed by atoms with E-state index in [1.165, 1.54) is 12.1 Å². The van der Waals surface area contributed by atoms with Crippen molar-refractivity contribution < 1.29 is 13.5 Å². The lowest BCUT2D eigenvalue weighted by molar-refractivity contribution is 0.151. The molecule has 0 amide bonds. The molecule has 0 aromatic heterocycles. The molecule has 0 N–H and O–H groups in total. The Balaban J connectivity index is 2.59. The topological polar surface area (TPSA) is 9.23 Å². The smallest absolute Gasteiger partial charge is 0.263 e. The summed E-state index contributed by atoms with van der Waals surface area (Å²) in [6.07, 6.45) is -1.49. The molecule has 0 unspecified atom stereocenters. The second-order valence-electron chi connectivity index (χ2n) is 2.72. The Morgan fingerprint density at radius 2 is 1.85 bits per heavy atom. The van der Waals surface area contributed by atoms with Crippen molar-refractivity contribution in [3.05, 3.63) is 29.8 Å². The zero-order valence-corrected chi connectivity index (χ0v) is 7.47. The van der Waals surface area contributed by atoms with Crippen LogP contribution in [-0.4, -0.2) is 6.61 Å². The van der Waals surface area contributed by atoms with Gasteiger partial charge in [0.2, 0.25) is 0 Å². The van der Waals surface area contributed by atoms with Gasteiger partial charge in [0, 0.05) is 5.56 Å². The van der Waals surface area contributed by atoms with Crippen LogP contribution in [0, 0.1) is 0 Å². The van der Waals surface area contributed by atoms with E-state index in [4.69, 9.17) is 4.74 Å². The molecule has 1 aromatic carbocycles. The monoisotopic (exact) mass is 186 g/mol. The van der Waals surface area contributed by atoms with Gasteiger partial charge < -0.3 is 4.74 Å². The average molecular weight is 186 g/mol. The van der Waals surface area contributed by atoms with Crippen molar-refractivity contribution in [3.63, 3.8) is 0 Å². The molecule has 72 valence electrons. The summed E-state index contributed by atoms with van der Waals surface area (Å²) in [5, 5.41) is 0. The second kappa shape index (κ2) is 4.80. The van der Waals surface area contributed by atoms with E-state index in [2.05, 4.69) is 0 Å². The Bertz CT molecular complexity index is 244. The van der Waals surface area contributed by atoms with Gasteiger partial charge in [0.05, 0.1) is 6.61 Å². The summed E-state index contributed by atoms with van der Waals surface area (Å²) in [6, 6.07) is 5.90. The van der Waals surface area contributed by atoms with Crippen LogP contribution >= 0.6 is 0 Å². The standard InChI is InChI=1S/C10H12F2O/c1-2-7-13-9-5-3-8(4-6-9)10(11)12/h3-6,10H,2,7H2,1H3. The molecule has 0 atom stereocenters. The van der Waals surface area contributed by atoms with E-state index in [-0.39, 0.29) is 5.56 Å². The molecule has 0 bridgehead atoms. The number of hydrogen-bond acceptors (Lipinski definition) is 1. The number of halogens is 2. The summed E-state index contributed by atoms with van der Waals surface area (Å²) in [4.78, 5) is 0. The molecule has 13 heavy (non-hydrogen) atoms. The lowest BCUT2D eigenvalue weighted by Gasteiger charge is -2.04. The van der Waals surface area contributed by atoms with E-state index in [9.17, 15) is 8.78 Å². The minimum atomic E-state index is -2.40. The largest absolute Gasteiger partial charge is 0.494 e. The fraction of sp³-hybridized carbons (Fsp3) is 0.400. The van der Waals surface area contributed by atoms with Crippen LogP contribution in [0.5, 0.6) is 5.75 Å². The number of hydrogen-bond donors (Lipinski definition) is 0. The molecule has 0 fully saturated rings. The number of rotatable bonds is 4. The first-order valence-corrected chi connectivity index (χ1v) is 4.25. The molecule has 0 radical (unpaired) electrons. The molecule has 1 aromatic rings. The summed E-state index contributed by atoms with van der Waals surface area (Å²) in [7, 11) is 0. The maximum absolute atomic E-state index is 12.1. The predicted molar refractivity (Wildman–Crippen MR) is 47.2 cm³/mol. The zero-order chi connectivity index (χ0) is 9.68. The van der Waals surface area contributed by atoms with Crippen molar-refractivity contribution in [2.45, 2.75) is 19.8 Å². The highest BCUT2D eigenvalue weighted by atomic mass is 19.3. The van der Waals surface area contributed by atoms with Crippen LogP contribution in [-0.2, 0) is 0 Å². The average Bonchev–Trinajstić information content (AvgIpc) is 2.15. The first-order chi connectivity index (χ1) is 6.24. The van der Waals surface area contributed by atoms with Gasteiger partial charge in [-0.2, -0.15) is 0 Å². The normalized spacial score (nSPS) is 10.5. The number of ether oxygens (including phenoxy) is 1. The molecular weight excluding hydrogens is 174 g/mol. The van der Waals surface area contributed by atoms with E-state index in [1.54, 1.807) is 12.1 Å². The maximum atomic E-state index is 12.1. The molecule has 0 spiro atoms. The molecule has 0 aliphatic rings. The third-order valence-corrected chi connectivity index (χ3v) is 1.60.